The molecule has 11 nitrogen and oxygen atoms in total. The molecule has 31 heavy (non-hydrogen) atoms. The van der Waals surface area contributed by atoms with Gasteiger partial charge in [-0.3, -0.25) is 19.4 Å². The summed E-state index contributed by atoms with van der Waals surface area (Å²) in [6, 6.07) is -1.53. The van der Waals surface area contributed by atoms with E-state index < -0.39 is 29.9 Å². The maximum atomic E-state index is 12.7. The van der Waals surface area contributed by atoms with E-state index in [0.29, 0.717) is 38.5 Å². The number of carboxylic acid groups (broad SMARTS) is 1. The number of carbonyl (C=O) groups is 4. The number of aliphatic imine (C=N–C) groups is 1. The van der Waals surface area contributed by atoms with E-state index in [-0.39, 0.29) is 36.7 Å². The van der Waals surface area contributed by atoms with Crippen molar-refractivity contribution in [2.75, 3.05) is 13.1 Å². The maximum absolute atomic E-state index is 12.7. The number of hydrogen-bond donors (Lipinski definition) is 6. The summed E-state index contributed by atoms with van der Waals surface area (Å²) in [5.41, 5.74) is 16.1. The largest absolute Gasteiger partial charge is 0.481 e. The van der Waals surface area contributed by atoms with Gasteiger partial charge in [0.1, 0.15) is 12.3 Å². The van der Waals surface area contributed by atoms with Gasteiger partial charge in [0.2, 0.25) is 11.8 Å². The van der Waals surface area contributed by atoms with Crippen LogP contribution in [0.2, 0.25) is 0 Å². The molecule has 2 amide bonds. The highest BCUT2D eigenvalue weighted by atomic mass is 16.4. The second-order valence-corrected chi connectivity index (χ2v) is 8.23. The number of rotatable bonds is 16. The lowest BCUT2D eigenvalue weighted by molar-refractivity contribution is -0.138. The summed E-state index contributed by atoms with van der Waals surface area (Å²) in [5, 5.41) is 14.3. The Bertz CT molecular complexity index is 621. The number of guanidine groups is 1. The lowest BCUT2D eigenvalue weighted by Crippen LogP contribution is -2.51. The Kier molecular flexibility index (Phi) is 13.8. The highest BCUT2D eigenvalue weighted by molar-refractivity contribution is 5.89. The summed E-state index contributed by atoms with van der Waals surface area (Å²) in [7, 11) is 0. The molecule has 0 fully saturated rings. The van der Waals surface area contributed by atoms with Crippen LogP contribution in [-0.4, -0.2) is 60.3 Å². The first-order valence-corrected chi connectivity index (χ1v) is 10.5. The number of aldehydes is 1. The fraction of sp³-hybridized carbons (Fsp3) is 0.750. The van der Waals surface area contributed by atoms with Gasteiger partial charge in [-0.25, -0.2) is 0 Å². The quantitative estimate of drug-likeness (QED) is 0.0781. The Morgan fingerprint density at radius 3 is 2.19 bits per heavy atom. The molecule has 0 aromatic heterocycles. The van der Waals surface area contributed by atoms with E-state index in [4.69, 9.17) is 22.3 Å². The SMILES string of the molecule is CC(C)CC(NC(=O)C(C)CC(CN)CC(=O)O)C(=O)NC(C=O)CCCN=C(N)N. The van der Waals surface area contributed by atoms with Gasteiger partial charge < -0.3 is 37.7 Å². The third-order valence-electron chi connectivity index (χ3n) is 4.73. The molecule has 0 aromatic carbocycles. The lowest BCUT2D eigenvalue weighted by atomic mass is 9.92. The smallest absolute Gasteiger partial charge is 0.303 e. The molecule has 0 aliphatic carbocycles. The predicted molar refractivity (Wildman–Crippen MR) is 118 cm³/mol. The Labute approximate surface area is 183 Å². The molecule has 4 unspecified atom stereocenters. The van der Waals surface area contributed by atoms with Crippen molar-refractivity contribution < 1.29 is 24.3 Å². The average Bonchev–Trinajstić information content (AvgIpc) is 2.67. The van der Waals surface area contributed by atoms with E-state index in [1.54, 1.807) is 6.92 Å². The van der Waals surface area contributed by atoms with Gasteiger partial charge in [0.05, 0.1) is 6.04 Å². The summed E-state index contributed by atoms with van der Waals surface area (Å²) in [5.74, 6) is -2.56. The molecule has 11 heteroatoms. The predicted octanol–water partition coefficient (Wildman–Crippen LogP) is -0.670. The highest BCUT2D eigenvalue weighted by Crippen LogP contribution is 2.16. The normalized spacial score (nSPS) is 14.7. The topological polar surface area (TPSA) is 203 Å². The molecule has 4 atom stereocenters. The number of carboxylic acids is 1. The summed E-state index contributed by atoms with van der Waals surface area (Å²) in [6.07, 6.45) is 2.07. The first kappa shape index (κ1) is 28.3. The summed E-state index contributed by atoms with van der Waals surface area (Å²) in [6.45, 7) is 5.99. The lowest BCUT2D eigenvalue weighted by Gasteiger charge is -2.24. The van der Waals surface area contributed by atoms with Gasteiger partial charge in [0, 0.05) is 18.9 Å². The van der Waals surface area contributed by atoms with Gasteiger partial charge >= 0.3 is 5.97 Å². The van der Waals surface area contributed by atoms with Crippen molar-refractivity contribution in [2.45, 2.75) is 65.0 Å². The highest BCUT2D eigenvalue weighted by Gasteiger charge is 2.27. The molecular formula is C20H38N6O5. The van der Waals surface area contributed by atoms with Crippen LogP contribution in [0.4, 0.5) is 0 Å². The van der Waals surface area contributed by atoms with Gasteiger partial charge in [-0.15, -0.1) is 0 Å². The van der Waals surface area contributed by atoms with Crippen LogP contribution in [-0.2, 0) is 19.2 Å². The minimum absolute atomic E-state index is 0.0410. The molecule has 0 bridgehead atoms. The van der Waals surface area contributed by atoms with Gasteiger partial charge in [0.15, 0.2) is 5.96 Å². The summed E-state index contributed by atoms with van der Waals surface area (Å²) >= 11 is 0. The minimum atomic E-state index is -0.972. The van der Waals surface area contributed by atoms with Crippen LogP contribution in [0, 0.1) is 17.8 Å². The number of carbonyl (C=O) groups excluding carboxylic acids is 3. The van der Waals surface area contributed by atoms with Crippen LogP contribution < -0.4 is 27.8 Å². The number of hydrogen-bond acceptors (Lipinski definition) is 6. The van der Waals surface area contributed by atoms with Crippen LogP contribution in [0.15, 0.2) is 4.99 Å². The first-order chi connectivity index (χ1) is 14.5. The third kappa shape index (κ3) is 13.3. The number of nitrogens with zero attached hydrogens (tertiary/aromatic N) is 1. The fourth-order valence-electron chi connectivity index (χ4n) is 3.11. The van der Waals surface area contributed by atoms with E-state index in [9.17, 15) is 19.2 Å². The number of aliphatic carboxylic acids is 1. The van der Waals surface area contributed by atoms with Crippen LogP contribution >= 0.6 is 0 Å². The van der Waals surface area contributed by atoms with Crippen molar-refractivity contribution in [2.24, 2.45) is 39.9 Å². The van der Waals surface area contributed by atoms with Gasteiger partial charge in [-0.05, 0) is 44.1 Å². The second-order valence-electron chi connectivity index (χ2n) is 8.23. The molecule has 178 valence electrons. The van der Waals surface area contributed by atoms with Gasteiger partial charge in [-0.1, -0.05) is 20.8 Å². The van der Waals surface area contributed by atoms with Crippen LogP contribution in [0.1, 0.15) is 52.9 Å². The monoisotopic (exact) mass is 442 g/mol. The van der Waals surface area contributed by atoms with Crippen LogP contribution in [0.3, 0.4) is 0 Å². The molecule has 0 saturated heterocycles. The Hall–Kier alpha value is -2.69. The van der Waals surface area contributed by atoms with E-state index in [0.717, 1.165) is 0 Å². The van der Waals surface area contributed by atoms with Gasteiger partial charge in [0.25, 0.3) is 0 Å². The first-order valence-electron chi connectivity index (χ1n) is 10.5. The van der Waals surface area contributed by atoms with Gasteiger partial charge in [-0.2, -0.15) is 0 Å². The maximum Gasteiger partial charge on any atom is 0.303 e. The molecule has 0 radical (unpaired) electrons. The molecule has 0 saturated carbocycles. The number of nitrogens with one attached hydrogen (secondary N) is 2. The van der Waals surface area contributed by atoms with Crippen molar-refractivity contribution in [3.8, 4) is 0 Å². The molecular weight excluding hydrogens is 404 g/mol. The molecule has 0 aliphatic heterocycles. The van der Waals surface area contributed by atoms with Crippen molar-refractivity contribution in [3.05, 3.63) is 0 Å². The number of amides is 2. The van der Waals surface area contributed by atoms with Crippen LogP contribution in [0.25, 0.3) is 0 Å². The fourth-order valence-corrected chi connectivity index (χ4v) is 3.11. The van der Waals surface area contributed by atoms with E-state index in [1.165, 1.54) is 0 Å². The Morgan fingerprint density at radius 1 is 1.06 bits per heavy atom. The van der Waals surface area contributed by atoms with Crippen molar-refractivity contribution >= 4 is 30.0 Å². The Morgan fingerprint density at radius 2 is 1.71 bits per heavy atom. The summed E-state index contributed by atoms with van der Waals surface area (Å²) < 4.78 is 0. The third-order valence-corrected chi connectivity index (χ3v) is 4.73. The standard InChI is InChI=1S/C20H38N6O5/c1-12(2)7-16(19(31)25-15(11-27)5-4-6-24-20(22)23)26-18(30)13(3)8-14(10-21)9-17(28)29/h11-16H,4-10,21H2,1-3H3,(H,25,31)(H,26,30)(H,28,29)(H4,22,23,24). The zero-order valence-electron chi connectivity index (χ0n) is 18.7. The van der Waals surface area contributed by atoms with E-state index in [1.807, 2.05) is 13.8 Å². The zero-order valence-corrected chi connectivity index (χ0v) is 18.7. The van der Waals surface area contributed by atoms with Crippen molar-refractivity contribution in [3.63, 3.8) is 0 Å². The minimum Gasteiger partial charge on any atom is -0.481 e. The summed E-state index contributed by atoms with van der Waals surface area (Å²) in [4.78, 5) is 51.4. The molecule has 0 aliphatic rings. The molecule has 9 N–H and O–H groups in total. The second kappa shape index (κ2) is 15.2. The zero-order chi connectivity index (χ0) is 24.0. The Balaban J connectivity index is 4.96. The van der Waals surface area contributed by atoms with Crippen LogP contribution in [0.5, 0.6) is 0 Å². The molecule has 0 heterocycles. The van der Waals surface area contributed by atoms with E-state index >= 15 is 0 Å². The molecule has 0 spiro atoms. The average molecular weight is 443 g/mol. The molecule has 0 aromatic rings. The van der Waals surface area contributed by atoms with Crippen molar-refractivity contribution in [1.82, 2.24) is 10.6 Å². The molecule has 0 rings (SSSR count). The van der Waals surface area contributed by atoms with Crippen molar-refractivity contribution in [1.29, 1.82) is 0 Å². The number of nitrogens with two attached hydrogens (primary N) is 3. The van der Waals surface area contributed by atoms with E-state index in [2.05, 4.69) is 15.6 Å².